The van der Waals surface area contributed by atoms with Gasteiger partial charge in [-0.2, -0.15) is 0 Å². The summed E-state index contributed by atoms with van der Waals surface area (Å²) in [6.45, 7) is 1.85. The van der Waals surface area contributed by atoms with Crippen LogP contribution in [0.1, 0.15) is 5.56 Å². The highest BCUT2D eigenvalue weighted by atomic mass is 32.2. The van der Waals surface area contributed by atoms with Crippen LogP contribution in [0.25, 0.3) is 0 Å². The van der Waals surface area contributed by atoms with Crippen LogP contribution in [-0.2, 0) is 4.79 Å². The van der Waals surface area contributed by atoms with E-state index in [4.69, 9.17) is 9.84 Å². The Bertz CT molecular complexity index is 535. The van der Waals surface area contributed by atoms with Crippen molar-refractivity contribution >= 4 is 29.4 Å². The van der Waals surface area contributed by atoms with Gasteiger partial charge in [0.15, 0.2) is 0 Å². The number of methoxy groups -OCH3 is 1. The zero-order valence-electron chi connectivity index (χ0n) is 11.3. The SMILES string of the molecule is COc1ccc(NC(=O)N2CSCC2C(=O)O)c(C)c1. The van der Waals surface area contributed by atoms with Gasteiger partial charge in [0.05, 0.1) is 13.0 Å². The zero-order chi connectivity index (χ0) is 14.7. The van der Waals surface area contributed by atoms with Gasteiger partial charge in [0.1, 0.15) is 11.8 Å². The Morgan fingerprint density at radius 3 is 2.85 bits per heavy atom. The third kappa shape index (κ3) is 2.98. The molecule has 1 unspecified atom stereocenters. The summed E-state index contributed by atoms with van der Waals surface area (Å²) < 4.78 is 5.10. The normalized spacial score (nSPS) is 17.9. The smallest absolute Gasteiger partial charge is 0.327 e. The van der Waals surface area contributed by atoms with Crippen LogP contribution in [0.4, 0.5) is 10.5 Å². The van der Waals surface area contributed by atoms with Crippen molar-refractivity contribution in [1.29, 1.82) is 0 Å². The number of benzene rings is 1. The molecule has 0 saturated carbocycles. The molecule has 0 radical (unpaired) electrons. The number of aryl methyl sites for hydroxylation is 1. The number of anilines is 1. The number of carboxylic acid groups (broad SMARTS) is 1. The molecule has 1 heterocycles. The molecule has 2 N–H and O–H groups in total. The van der Waals surface area contributed by atoms with Gasteiger partial charge in [-0.25, -0.2) is 9.59 Å². The third-order valence-corrected chi connectivity index (χ3v) is 4.12. The predicted octanol–water partition coefficient (Wildman–Crippen LogP) is 2.00. The lowest BCUT2D eigenvalue weighted by atomic mass is 10.2. The fraction of sp³-hybridized carbons (Fsp3) is 0.385. The van der Waals surface area contributed by atoms with Crippen molar-refractivity contribution in [3.05, 3.63) is 23.8 Å². The molecule has 1 fully saturated rings. The van der Waals surface area contributed by atoms with Crippen LogP contribution in [0.3, 0.4) is 0 Å². The molecule has 7 heteroatoms. The second-order valence-electron chi connectivity index (χ2n) is 4.43. The van der Waals surface area contributed by atoms with Crippen molar-refractivity contribution in [3.8, 4) is 5.75 Å². The quantitative estimate of drug-likeness (QED) is 0.892. The van der Waals surface area contributed by atoms with Crippen LogP contribution >= 0.6 is 11.8 Å². The fourth-order valence-corrected chi connectivity index (χ4v) is 3.08. The van der Waals surface area contributed by atoms with Crippen LogP contribution in [0.5, 0.6) is 5.75 Å². The number of nitrogens with one attached hydrogen (secondary N) is 1. The van der Waals surface area contributed by atoms with Gasteiger partial charge in [0.2, 0.25) is 0 Å². The molecular formula is C13H16N2O4S. The molecule has 2 amide bonds. The first-order valence-corrected chi connectivity index (χ1v) is 7.21. The number of hydrogen-bond donors (Lipinski definition) is 2. The van der Waals surface area contributed by atoms with Crippen molar-refractivity contribution in [1.82, 2.24) is 4.90 Å². The van der Waals surface area contributed by atoms with Crippen LogP contribution in [0, 0.1) is 6.92 Å². The van der Waals surface area contributed by atoms with Crippen LogP contribution < -0.4 is 10.1 Å². The van der Waals surface area contributed by atoms with Gasteiger partial charge in [-0.1, -0.05) is 0 Å². The number of carboxylic acids is 1. The van der Waals surface area contributed by atoms with Crippen molar-refractivity contribution in [3.63, 3.8) is 0 Å². The molecule has 108 valence electrons. The van der Waals surface area contributed by atoms with E-state index in [1.807, 2.05) is 13.0 Å². The molecule has 0 spiro atoms. The third-order valence-electron chi connectivity index (χ3n) is 3.10. The number of hydrogen-bond acceptors (Lipinski definition) is 4. The molecule has 1 aromatic rings. The van der Waals surface area contributed by atoms with Gasteiger partial charge in [-0.3, -0.25) is 0 Å². The average molecular weight is 296 g/mol. The van der Waals surface area contributed by atoms with Gasteiger partial charge in [0, 0.05) is 11.4 Å². The fourth-order valence-electron chi connectivity index (χ4n) is 1.94. The minimum absolute atomic E-state index is 0.387. The second-order valence-corrected chi connectivity index (χ2v) is 5.43. The van der Waals surface area contributed by atoms with Crippen molar-refractivity contribution in [2.75, 3.05) is 24.1 Å². The van der Waals surface area contributed by atoms with Crippen molar-refractivity contribution in [2.24, 2.45) is 0 Å². The minimum atomic E-state index is -0.975. The number of urea groups is 1. The Morgan fingerprint density at radius 2 is 2.25 bits per heavy atom. The summed E-state index contributed by atoms with van der Waals surface area (Å²) in [5.41, 5.74) is 1.51. The minimum Gasteiger partial charge on any atom is -0.497 e. The average Bonchev–Trinajstić information content (AvgIpc) is 2.90. The van der Waals surface area contributed by atoms with E-state index in [1.54, 1.807) is 19.2 Å². The van der Waals surface area contributed by atoms with E-state index in [9.17, 15) is 9.59 Å². The maximum atomic E-state index is 12.1. The lowest BCUT2D eigenvalue weighted by Gasteiger charge is -2.21. The molecule has 20 heavy (non-hydrogen) atoms. The first kappa shape index (κ1) is 14.5. The number of carbonyl (C=O) groups is 2. The summed E-state index contributed by atoms with van der Waals surface area (Å²) in [5, 5.41) is 11.8. The van der Waals surface area contributed by atoms with E-state index in [1.165, 1.54) is 16.7 Å². The Balaban J connectivity index is 2.10. The molecule has 1 aliphatic rings. The lowest BCUT2D eigenvalue weighted by molar-refractivity contribution is -0.140. The largest absolute Gasteiger partial charge is 0.497 e. The zero-order valence-corrected chi connectivity index (χ0v) is 12.1. The summed E-state index contributed by atoms with van der Waals surface area (Å²) >= 11 is 1.43. The van der Waals surface area contributed by atoms with Gasteiger partial charge in [0.25, 0.3) is 0 Å². The molecule has 1 saturated heterocycles. The van der Waals surface area contributed by atoms with Gasteiger partial charge >= 0.3 is 12.0 Å². The monoisotopic (exact) mass is 296 g/mol. The van der Waals surface area contributed by atoms with Crippen LogP contribution in [0.15, 0.2) is 18.2 Å². The number of amides is 2. The Kier molecular flexibility index (Phi) is 4.39. The highest BCUT2D eigenvalue weighted by Gasteiger charge is 2.34. The molecule has 0 aromatic heterocycles. The molecule has 1 aliphatic heterocycles. The Morgan fingerprint density at radius 1 is 1.50 bits per heavy atom. The summed E-state index contributed by atoms with van der Waals surface area (Å²) in [5.74, 6) is 0.541. The van der Waals surface area contributed by atoms with Crippen molar-refractivity contribution in [2.45, 2.75) is 13.0 Å². The van der Waals surface area contributed by atoms with Gasteiger partial charge in [-0.05, 0) is 30.7 Å². The maximum absolute atomic E-state index is 12.1. The first-order chi connectivity index (χ1) is 9.52. The number of aliphatic carboxylic acids is 1. The van der Waals surface area contributed by atoms with E-state index in [0.29, 0.717) is 23.1 Å². The number of nitrogens with zero attached hydrogens (tertiary/aromatic N) is 1. The first-order valence-electron chi connectivity index (χ1n) is 6.05. The molecule has 0 bridgehead atoms. The second kappa shape index (κ2) is 6.04. The molecule has 1 atom stereocenters. The number of thioether (sulfide) groups is 1. The maximum Gasteiger partial charge on any atom is 0.327 e. The molecule has 1 aromatic carbocycles. The van der Waals surface area contributed by atoms with E-state index in [-0.39, 0.29) is 0 Å². The summed E-state index contributed by atoms with van der Waals surface area (Å²) in [6, 6.07) is 4.14. The number of rotatable bonds is 3. The summed E-state index contributed by atoms with van der Waals surface area (Å²) in [4.78, 5) is 24.5. The van der Waals surface area contributed by atoms with Crippen molar-refractivity contribution < 1.29 is 19.4 Å². The lowest BCUT2D eigenvalue weighted by Crippen LogP contribution is -2.44. The number of ether oxygens (including phenoxy) is 1. The standard InChI is InChI=1S/C13H16N2O4S/c1-8-5-9(19-2)3-4-10(8)14-13(18)15-7-20-6-11(15)12(16)17/h3-5,11H,6-7H2,1-2H3,(H,14,18)(H,16,17). The topological polar surface area (TPSA) is 78.9 Å². The highest BCUT2D eigenvalue weighted by molar-refractivity contribution is 7.99. The Hall–Kier alpha value is -1.89. The molecule has 6 nitrogen and oxygen atoms in total. The summed E-state index contributed by atoms with van der Waals surface area (Å²) in [7, 11) is 1.58. The number of carbonyl (C=O) groups excluding carboxylic acids is 1. The predicted molar refractivity (Wildman–Crippen MR) is 77.3 cm³/mol. The molecule has 0 aliphatic carbocycles. The van der Waals surface area contributed by atoms with Crippen LogP contribution in [-0.4, -0.2) is 46.8 Å². The van der Waals surface area contributed by atoms with E-state index >= 15 is 0 Å². The Labute approximate surface area is 121 Å². The van der Waals surface area contributed by atoms with Gasteiger partial charge in [-0.15, -0.1) is 11.8 Å². The van der Waals surface area contributed by atoms with E-state index in [0.717, 1.165) is 5.56 Å². The van der Waals surface area contributed by atoms with E-state index in [2.05, 4.69) is 5.32 Å². The van der Waals surface area contributed by atoms with E-state index < -0.39 is 18.0 Å². The van der Waals surface area contributed by atoms with Gasteiger partial charge < -0.3 is 20.1 Å². The highest BCUT2D eigenvalue weighted by Crippen LogP contribution is 2.24. The molecular weight excluding hydrogens is 280 g/mol. The van der Waals surface area contributed by atoms with Crippen LogP contribution in [0.2, 0.25) is 0 Å². The summed E-state index contributed by atoms with van der Waals surface area (Å²) in [6.07, 6.45) is 0. The molecule has 2 rings (SSSR count).